The van der Waals surface area contributed by atoms with E-state index in [1.165, 1.54) is 34.4 Å². The molecule has 0 spiro atoms. The van der Waals surface area contributed by atoms with Gasteiger partial charge in [-0.05, 0) is 18.9 Å². The van der Waals surface area contributed by atoms with Crippen LogP contribution in [-0.2, 0) is 17.0 Å². The summed E-state index contributed by atoms with van der Waals surface area (Å²) < 4.78 is 0. The first-order valence-corrected chi connectivity index (χ1v) is 12.6. The third kappa shape index (κ3) is 5.03. The van der Waals surface area contributed by atoms with Crippen LogP contribution in [0.1, 0.15) is 31.1 Å². The Kier molecular flexibility index (Phi) is 6.79. The molecule has 160 valence electrons. The van der Waals surface area contributed by atoms with Crippen molar-refractivity contribution in [2.75, 3.05) is 5.32 Å². The van der Waals surface area contributed by atoms with Crippen molar-refractivity contribution >= 4 is 55.7 Å². The normalized spacial score (nSPS) is 12.2. The third-order valence-corrected chi connectivity index (χ3v) is 7.50. The van der Waals surface area contributed by atoms with Crippen LogP contribution in [0.4, 0.5) is 5.13 Å². The Labute approximate surface area is 191 Å². The summed E-state index contributed by atoms with van der Waals surface area (Å²) in [6.07, 6.45) is 1.84. The Bertz CT molecular complexity index is 1250. The van der Waals surface area contributed by atoms with Crippen molar-refractivity contribution in [2.45, 2.75) is 37.7 Å². The highest BCUT2D eigenvalue weighted by molar-refractivity contribution is 7.99. The number of amides is 1. The average Bonchev–Trinajstić information content (AvgIpc) is 3.40. The number of rotatable bonds is 8. The van der Waals surface area contributed by atoms with Crippen LogP contribution in [0.2, 0.25) is 0 Å². The number of hydrogen-bond acceptors (Lipinski definition) is 8. The Hall–Kier alpha value is -2.56. The number of benzene rings is 1. The fourth-order valence-electron chi connectivity index (χ4n) is 3.00. The SMILES string of the molecule is CCCc1nnc(NC(=O)C(C)SCc2nc3scc(-c4ccccc4)c3c(=O)[nH]2)s1. The second-order valence-electron chi connectivity index (χ2n) is 6.90. The highest BCUT2D eigenvalue weighted by Gasteiger charge is 2.18. The smallest absolute Gasteiger partial charge is 0.260 e. The standard InChI is InChI=1S/C21H21N5O2S3/c1-3-7-16-25-26-21(31-16)24-18(27)12(2)29-11-15-22-19(28)17-14(10-30-20(17)23-15)13-8-5-4-6-9-13/h4-6,8-10,12H,3,7,11H2,1-2H3,(H,22,23,28)(H,24,26,27). The number of thioether (sulfide) groups is 1. The molecule has 0 aliphatic rings. The van der Waals surface area contributed by atoms with Gasteiger partial charge in [-0.2, -0.15) is 0 Å². The molecule has 4 rings (SSSR count). The van der Waals surface area contributed by atoms with Crippen molar-refractivity contribution in [1.29, 1.82) is 0 Å². The van der Waals surface area contributed by atoms with E-state index in [4.69, 9.17) is 0 Å². The molecule has 0 bridgehead atoms. The number of fused-ring (bicyclic) bond motifs is 1. The maximum absolute atomic E-state index is 12.7. The number of nitrogens with one attached hydrogen (secondary N) is 2. The Balaban J connectivity index is 1.42. The lowest BCUT2D eigenvalue weighted by Crippen LogP contribution is -2.23. The van der Waals surface area contributed by atoms with Crippen LogP contribution in [0, 0.1) is 0 Å². The first-order chi connectivity index (χ1) is 15.0. The van der Waals surface area contributed by atoms with Crippen LogP contribution >= 0.6 is 34.4 Å². The lowest BCUT2D eigenvalue weighted by Gasteiger charge is -2.10. The molecule has 0 radical (unpaired) electrons. The molecule has 1 unspecified atom stereocenters. The Morgan fingerprint density at radius 1 is 1.26 bits per heavy atom. The van der Waals surface area contributed by atoms with Crippen molar-refractivity contribution < 1.29 is 4.79 Å². The molecule has 3 aromatic heterocycles. The summed E-state index contributed by atoms with van der Waals surface area (Å²) in [5.41, 5.74) is 1.73. The molecule has 1 amide bonds. The summed E-state index contributed by atoms with van der Waals surface area (Å²) in [6.45, 7) is 3.90. The molecule has 0 aliphatic carbocycles. The van der Waals surface area contributed by atoms with Crippen LogP contribution in [0.15, 0.2) is 40.5 Å². The van der Waals surface area contributed by atoms with Crippen molar-refractivity contribution in [3.8, 4) is 11.1 Å². The first kappa shape index (κ1) is 21.7. The van der Waals surface area contributed by atoms with Gasteiger partial charge in [0.15, 0.2) is 0 Å². The van der Waals surface area contributed by atoms with Gasteiger partial charge in [-0.3, -0.25) is 14.9 Å². The van der Waals surface area contributed by atoms with Crippen LogP contribution < -0.4 is 10.9 Å². The molecule has 10 heteroatoms. The minimum absolute atomic E-state index is 0.143. The largest absolute Gasteiger partial charge is 0.309 e. The molecular formula is C21H21N5O2S3. The quantitative estimate of drug-likeness (QED) is 0.386. The van der Waals surface area contributed by atoms with Crippen LogP contribution in [-0.4, -0.2) is 31.3 Å². The van der Waals surface area contributed by atoms with E-state index in [-0.39, 0.29) is 16.7 Å². The maximum atomic E-state index is 12.7. The summed E-state index contributed by atoms with van der Waals surface area (Å²) in [5.74, 6) is 0.843. The van der Waals surface area contributed by atoms with Gasteiger partial charge in [-0.15, -0.1) is 33.3 Å². The average molecular weight is 472 g/mol. The van der Waals surface area contributed by atoms with Gasteiger partial charge < -0.3 is 4.98 Å². The second kappa shape index (κ2) is 9.71. The zero-order valence-electron chi connectivity index (χ0n) is 17.0. The number of hydrogen-bond donors (Lipinski definition) is 2. The van der Waals surface area contributed by atoms with Gasteiger partial charge >= 0.3 is 0 Å². The topological polar surface area (TPSA) is 101 Å². The number of aryl methyl sites for hydroxylation is 1. The predicted molar refractivity (Wildman–Crippen MR) is 129 cm³/mol. The van der Waals surface area contributed by atoms with Crippen molar-refractivity contribution in [1.82, 2.24) is 20.2 Å². The molecule has 1 atom stereocenters. The fraction of sp³-hybridized carbons (Fsp3) is 0.286. The van der Waals surface area contributed by atoms with E-state index in [1.807, 2.05) is 42.6 Å². The molecule has 7 nitrogen and oxygen atoms in total. The molecule has 0 saturated heterocycles. The van der Waals surface area contributed by atoms with Crippen LogP contribution in [0.3, 0.4) is 0 Å². The number of aromatic amines is 1. The molecule has 1 aromatic carbocycles. The van der Waals surface area contributed by atoms with Gasteiger partial charge in [0.1, 0.15) is 15.7 Å². The number of thiophene rings is 1. The van der Waals surface area contributed by atoms with E-state index in [1.54, 1.807) is 0 Å². The molecule has 31 heavy (non-hydrogen) atoms. The monoisotopic (exact) mass is 471 g/mol. The second-order valence-corrected chi connectivity index (χ2v) is 10.2. The van der Waals surface area contributed by atoms with Crippen molar-refractivity contribution in [3.05, 3.63) is 56.9 Å². The minimum atomic E-state index is -0.331. The fourth-order valence-corrected chi connectivity index (χ4v) is 5.56. The Morgan fingerprint density at radius 2 is 2.06 bits per heavy atom. The molecule has 3 heterocycles. The lowest BCUT2D eigenvalue weighted by molar-refractivity contribution is -0.115. The van der Waals surface area contributed by atoms with Gasteiger partial charge in [0, 0.05) is 17.4 Å². The van der Waals surface area contributed by atoms with E-state index in [0.717, 1.165) is 29.0 Å². The van der Waals surface area contributed by atoms with Gasteiger partial charge in [0.05, 0.1) is 16.4 Å². The van der Waals surface area contributed by atoms with E-state index in [9.17, 15) is 9.59 Å². The molecule has 0 aliphatic heterocycles. The van der Waals surface area contributed by atoms with E-state index < -0.39 is 0 Å². The molecule has 2 N–H and O–H groups in total. The van der Waals surface area contributed by atoms with E-state index in [0.29, 0.717) is 26.9 Å². The van der Waals surface area contributed by atoms with Crippen molar-refractivity contribution in [3.63, 3.8) is 0 Å². The zero-order valence-corrected chi connectivity index (χ0v) is 19.5. The maximum Gasteiger partial charge on any atom is 0.260 e. The number of carbonyl (C=O) groups excluding carboxylic acids is 1. The lowest BCUT2D eigenvalue weighted by atomic mass is 10.1. The number of nitrogens with zero attached hydrogens (tertiary/aromatic N) is 3. The zero-order chi connectivity index (χ0) is 21.8. The van der Waals surface area contributed by atoms with Gasteiger partial charge in [0.2, 0.25) is 11.0 Å². The third-order valence-electron chi connectivity index (χ3n) is 4.58. The van der Waals surface area contributed by atoms with Crippen LogP contribution in [0.25, 0.3) is 21.3 Å². The predicted octanol–water partition coefficient (Wildman–Crippen LogP) is 4.72. The molecular weight excluding hydrogens is 450 g/mol. The summed E-state index contributed by atoms with van der Waals surface area (Å²) in [4.78, 5) is 33.4. The Morgan fingerprint density at radius 3 is 2.84 bits per heavy atom. The summed E-state index contributed by atoms with van der Waals surface area (Å²) in [6, 6.07) is 9.80. The summed E-state index contributed by atoms with van der Waals surface area (Å²) in [5, 5.41) is 14.6. The highest BCUT2D eigenvalue weighted by atomic mass is 32.2. The van der Waals surface area contributed by atoms with Gasteiger partial charge in [-0.25, -0.2) is 4.98 Å². The number of carbonyl (C=O) groups is 1. The van der Waals surface area contributed by atoms with E-state index in [2.05, 4.69) is 32.4 Å². The van der Waals surface area contributed by atoms with Gasteiger partial charge in [-0.1, -0.05) is 48.6 Å². The molecule has 4 aromatic rings. The first-order valence-electron chi connectivity index (χ1n) is 9.85. The van der Waals surface area contributed by atoms with Crippen LogP contribution in [0.5, 0.6) is 0 Å². The molecule has 0 saturated carbocycles. The number of aromatic nitrogens is 4. The summed E-state index contributed by atoms with van der Waals surface area (Å²) >= 11 is 4.26. The number of H-pyrrole nitrogens is 1. The van der Waals surface area contributed by atoms with E-state index >= 15 is 0 Å². The summed E-state index contributed by atoms with van der Waals surface area (Å²) in [7, 11) is 0. The minimum Gasteiger partial charge on any atom is -0.309 e. The van der Waals surface area contributed by atoms with Crippen molar-refractivity contribution in [2.24, 2.45) is 0 Å². The highest BCUT2D eigenvalue weighted by Crippen LogP contribution is 2.31. The van der Waals surface area contributed by atoms with Gasteiger partial charge in [0.25, 0.3) is 5.56 Å². The molecule has 0 fully saturated rings. The number of anilines is 1.